The van der Waals surface area contributed by atoms with Gasteiger partial charge in [-0.05, 0) is 6.42 Å². The molecule has 8 heteroatoms. The molecule has 0 bridgehead atoms. The van der Waals surface area contributed by atoms with Crippen molar-refractivity contribution in [2.45, 2.75) is 25.8 Å². The zero-order valence-corrected chi connectivity index (χ0v) is 7.77. The van der Waals surface area contributed by atoms with Crippen molar-refractivity contribution in [3.05, 3.63) is 10.1 Å². The van der Waals surface area contributed by atoms with Crippen LogP contribution in [0, 0.1) is 10.1 Å². The summed E-state index contributed by atoms with van der Waals surface area (Å²) in [6, 6.07) is -0.813. The molecule has 1 amide bonds. The minimum Gasteiger partial charge on any atom is -0.368 e. The molecule has 5 N–H and O–H groups in total. The minimum absolute atomic E-state index is 0.412. The third-order valence-electron chi connectivity index (χ3n) is 1.39. The van der Waals surface area contributed by atoms with Gasteiger partial charge in [-0.3, -0.25) is 4.79 Å². The quantitative estimate of drug-likeness (QED) is 0.221. The number of primary amides is 1. The Morgan fingerprint density at radius 2 is 2.21 bits per heavy atom. The average molecular weight is 203 g/mol. The van der Waals surface area contributed by atoms with Crippen LogP contribution < -0.4 is 16.9 Å². The number of guanidine groups is 1. The Labute approximate surface area is 80.5 Å². The van der Waals surface area contributed by atoms with E-state index in [1.807, 2.05) is 6.92 Å². The SMILES string of the molecule is CCCC(N=C(N)N[N+](=O)[O-])C(N)=O. The number of nitrogens with two attached hydrogens (primary N) is 2. The maximum absolute atomic E-state index is 10.8. The van der Waals surface area contributed by atoms with Crippen LogP contribution in [0.15, 0.2) is 4.99 Å². The van der Waals surface area contributed by atoms with Crippen molar-refractivity contribution in [1.82, 2.24) is 5.43 Å². The van der Waals surface area contributed by atoms with Crippen LogP contribution in [0.4, 0.5) is 0 Å². The van der Waals surface area contributed by atoms with E-state index in [9.17, 15) is 14.9 Å². The van der Waals surface area contributed by atoms with E-state index in [1.54, 1.807) is 5.43 Å². The first-order valence-electron chi connectivity index (χ1n) is 4.01. The van der Waals surface area contributed by atoms with Gasteiger partial charge in [0.1, 0.15) is 6.04 Å². The van der Waals surface area contributed by atoms with Crippen molar-refractivity contribution in [2.75, 3.05) is 0 Å². The molecule has 0 aliphatic rings. The lowest BCUT2D eigenvalue weighted by molar-refractivity contribution is -0.525. The number of nitro groups is 1. The van der Waals surface area contributed by atoms with Crippen LogP contribution in [0.1, 0.15) is 19.8 Å². The van der Waals surface area contributed by atoms with Gasteiger partial charge in [0, 0.05) is 0 Å². The van der Waals surface area contributed by atoms with Crippen molar-refractivity contribution in [1.29, 1.82) is 0 Å². The van der Waals surface area contributed by atoms with E-state index < -0.39 is 22.9 Å². The molecular formula is C6H13N5O3. The number of nitrogens with one attached hydrogen (secondary N) is 1. The highest BCUT2D eigenvalue weighted by Gasteiger charge is 2.14. The first kappa shape index (κ1) is 12.1. The number of hydrogen-bond donors (Lipinski definition) is 3. The summed E-state index contributed by atoms with van der Waals surface area (Å²) in [5.74, 6) is -1.08. The van der Waals surface area contributed by atoms with E-state index in [0.29, 0.717) is 12.8 Å². The third-order valence-corrected chi connectivity index (χ3v) is 1.39. The highest BCUT2D eigenvalue weighted by molar-refractivity contribution is 5.85. The average Bonchev–Trinajstić information content (AvgIpc) is 2.01. The number of nitrogens with zero attached hydrogens (tertiary/aromatic N) is 2. The second-order valence-electron chi connectivity index (χ2n) is 2.59. The Hall–Kier alpha value is -1.86. The zero-order chi connectivity index (χ0) is 11.1. The predicted molar refractivity (Wildman–Crippen MR) is 49.6 cm³/mol. The Morgan fingerprint density at radius 3 is 2.57 bits per heavy atom. The third kappa shape index (κ3) is 4.91. The summed E-state index contributed by atoms with van der Waals surface area (Å²) in [5, 5.41) is 9.08. The smallest absolute Gasteiger partial charge is 0.252 e. The molecule has 14 heavy (non-hydrogen) atoms. The maximum atomic E-state index is 10.8. The predicted octanol–water partition coefficient (Wildman–Crippen LogP) is -1.26. The molecule has 0 heterocycles. The van der Waals surface area contributed by atoms with Crippen LogP contribution in [0.3, 0.4) is 0 Å². The Balaban J connectivity index is 4.38. The standard InChI is InChI=1S/C6H13N5O3/c1-2-3-4(5(7)12)9-6(8)10-11(13)14/h4H,2-3H2,1H3,(H2,7,12)(H3,8,9,10). The minimum atomic E-state index is -0.858. The van der Waals surface area contributed by atoms with Gasteiger partial charge in [0.15, 0.2) is 5.03 Å². The monoisotopic (exact) mass is 203 g/mol. The number of carbonyl (C=O) groups excluding carboxylic acids is 1. The van der Waals surface area contributed by atoms with Gasteiger partial charge in [0.05, 0.1) is 0 Å². The fourth-order valence-corrected chi connectivity index (χ4v) is 0.834. The summed E-state index contributed by atoms with van der Waals surface area (Å²) in [5.41, 5.74) is 11.8. The molecule has 0 radical (unpaired) electrons. The summed E-state index contributed by atoms with van der Waals surface area (Å²) >= 11 is 0. The van der Waals surface area contributed by atoms with Crippen molar-refractivity contribution in [3.63, 3.8) is 0 Å². The van der Waals surface area contributed by atoms with Crippen LogP contribution in [0.2, 0.25) is 0 Å². The van der Waals surface area contributed by atoms with Gasteiger partial charge in [-0.15, -0.1) is 0 Å². The normalized spacial score (nSPS) is 13.4. The summed E-state index contributed by atoms with van der Waals surface area (Å²) in [4.78, 5) is 24.3. The molecule has 80 valence electrons. The first-order chi connectivity index (χ1) is 6.47. The van der Waals surface area contributed by atoms with Gasteiger partial charge < -0.3 is 11.5 Å². The molecule has 0 saturated carbocycles. The van der Waals surface area contributed by atoms with E-state index in [4.69, 9.17) is 11.5 Å². The molecule has 0 aromatic carbocycles. The molecule has 1 atom stereocenters. The summed E-state index contributed by atoms with van der Waals surface area (Å²) < 4.78 is 0. The fraction of sp³-hybridized carbons (Fsp3) is 0.667. The van der Waals surface area contributed by atoms with Crippen molar-refractivity contribution in [2.24, 2.45) is 16.5 Å². The summed E-state index contributed by atoms with van der Waals surface area (Å²) in [6.07, 6.45) is 1.10. The molecule has 0 aromatic heterocycles. The van der Waals surface area contributed by atoms with Crippen LogP contribution in [0.5, 0.6) is 0 Å². The lowest BCUT2D eigenvalue weighted by Gasteiger charge is -2.06. The van der Waals surface area contributed by atoms with Crippen LogP contribution in [-0.4, -0.2) is 22.9 Å². The van der Waals surface area contributed by atoms with Gasteiger partial charge >= 0.3 is 0 Å². The summed E-state index contributed by atoms with van der Waals surface area (Å²) in [7, 11) is 0. The molecule has 0 spiro atoms. The fourth-order valence-electron chi connectivity index (χ4n) is 0.834. The van der Waals surface area contributed by atoms with Crippen molar-refractivity contribution in [3.8, 4) is 0 Å². The Morgan fingerprint density at radius 1 is 1.64 bits per heavy atom. The molecule has 1 unspecified atom stereocenters. The second-order valence-corrected chi connectivity index (χ2v) is 2.59. The second kappa shape index (κ2) is 5.73. The number of hydrogen-bond acceptors (Lipinski definition) is 4. The largest absolute Gasteiger partial charge is 0.368 e. The van der Waals surface area contributed by atoms with E-state index >= 15 is 0 Å². The molecular weight excluding hydrogens is 190 g/mol. The maximum Gasteiger partial charge on any atom is 0.252 e. The van der Waals surface area contributed by atoms with Crippen LogP contribution in [-0.2, 0) is 4.79 Å². The zero-order valence-electron chi connectivity index (χ0n) is 7.77. The number of aliphatic imine (C=N–C) groups is 1. The topological polar surface area (TPSA) is 137 Å². The van der Waals surface area contributed by atoms with Crippen molar-refractivity contribution < 1.29 is 9.83 Å². The lowest BCUT2D eigenvalue weighted by atomic mass is 10.2. The van der Waals surface area contributed by atoms with E-state index in [0.717, 1.165) is 0 Å². The number of hydrazine groups is 1. The van der Waals surface area contributed by atoms with E-state index in [1.165, 1.54) is 0 Å². The molecule has 8 nitrogen and oxygen atoms in total. The highest BCUT2D eigenvalue weighted by Crippen LogP contribution is 2.00. The van der Waals surface area contributed by atoms with Gasteiger partial charge in [-0.2, -0.15) is 0 Å². The molecule has 0 rings (SSSR count). The Kier molecular flexibility index (Phi) is 4.97. The Bertz CT molecular complexity index is 252. The lowest BCUT2D eigenvalue weighted by Crippen LogP contribution is -2.39. The number of carbonyl (C=O) groups is 1. The summed E-state index contributed by atoms with van der Waals surface area (Å²) in [6.45, 7) is 1.84. The molecule has 0 fully saturated rings. The van der Waals surface area contributed by atoms with Crippen molar-refractivity contribution >= 4 is 11.9 Å². The van der Waals surface area contributed by atoms with Crippen LogP contribution in [0.25, 0.3) is 0 Å². The molecule has 0 aliphatic carbocycles. The first-order valence-corrected chi connectivity index (χ1v) is 4.01. The van der Waals surface area contributed by atoms with Gasteiger partial charge in [-0.25, -0.2) is 15.1 Å². The molecule has 0 aromatic rings. The highest BCUT2D eigenvalue weighted by atomic mass is 16.7. The van der Waals surface area contributed by atoms with Gasteiger partial charge in [0.25, 0.3) is 5.96 Å². The number of rotatable bonds is 5. The molecule has 0 saturated heterocycles. The van der Waals surface area contributed by atoms with Crippen LogP contribution >= 0.6 is 0 Å². The van der Waals surface area contributed by atoms with Gasteiger partial charge in [-0.1, -0.05) is 18.8 Å². The molecule has 0 aliphatic heterocycles. The number of amides is 1. The van der Waals surface area contributed by atoms with E-state index in [-0.39, 0.29) is 0 Å². The van der Waals surface area contributed by atoms with E-state index in [2.05, 4.69) is 4.99 Å². The van der Waals surface area contributed by atoms with Gasteiger partial charge in [0.2, 0.25) is 5.91 Å².